The highest BCUT2D eigenvalue weighted by atomic mass is 16.5. The van der Waals surface area contributed by atoms with Gasteiger partial charge in [-0.15, -0.1) is 0 Å². The molecule has 2 saturated heterocycles. The van der Waals surface area contributed by atoms with Gasteiger partial charge >= 0.3 is 0 Å². The van der Waals surface area contributed by atoms with Crippen molar-refractivity contribution in [2.45, 2.75) is 38.3 Å². The molecule has 1 N–H and O–H groups in total. The zero-order valence-electron chi connectivity index (χ0n) is 9.17. The van der Waals surface area contributed by atoms with Crippen LogP contribution in [0.15, 0.2) is 0 Å². The molecule has 2 fully saturated rings. The molecule has 2 rings (SSSR count). The van der Waals surface area contributed by atoms with Crippen molar-refractivity contribution >= 4 is 0 Å². The lowest BCUT2D eigenvalue weighted by Gasteiger charge is -2.29. The number of nitrogens with zero attached hydrogens (tertiary/aromatic N) is 1. The number of hydrogen-bond acceptors (Lipinski definition) is 3. The topological polar surface area (TPSA) is 24.5 Å². The van der Waals surface area contributed by atoms with Crippen molar-refractivity contribution in [3.8, 4) is 0 Å². The van der Waals surface area contributed by atoms with Crippen LogP contribution < -0.4 is 5.32 Å². The monoisotopic (exact) mass is 198 g/mol. The van der Waals surface area contributed by atoms with E-state index < -0.39 is 0 Å². The summed E-state index contributed by atoms with van der Waals surface area (Å²) < 4.78 is 5.44. The third-order valence-corrected chi connectivity index (χ3v) is 3.45. The smallest absolute Gasteiger partial charge is 0.0622 e. The van der Waals surface area contributed by atoms with Gasteiger partial charge in [-0.25, -0.2) is 0 Å². The summed E-state index contributed by atoms with van der Waals surface area (Å²) in [6.45, 7) is 7.74. The molecule has 2 heterocycles. The quantitative estimate of drug-likeness (QED) is 0.725. The summed E-state index contributed by atoms with van der Waals surface area (Å²) in [4.78, 5) is 2.58. The van der Waals surface area contributed by atoms with Crippen LogP contribution in [0.25, 0.3) is 0 Å². The SMILES string of the molecule is CCN(CC1CCCN1)C1CCOC1. The summed E-state index contributed by atoms with van der Waals surface area (Å²) in [7, 11) is 0. The van der Waals surface area contributed by atoms with Gasteiger partial charge in [0.05, 0.1) is 6.61 Å². The Kier molecular flexibility index (Phi) is 3.79. The van der Waals surface area contributed by atoms with E-state index in [2.05, 4.69) is 17.1 Å². The molecule has 2 unspecified atom stereocenters. The molecule has 0 saturated carbocycles. The molecule has 0 aromatic heterocycles. The van der Waals surface area contributed by atoms with Crippen LogP contribution in [-0.4, -0.2) is 49.8 Å². The maximum absolute atomic E-state index is 5.44. The van der Waals surface area contributed by atoms with Crippen LogP contribution in [0.3, 0.4) is 0 Å². The maximum Gasteiger partial charge on any atom is 0.0622 e. The standard InChI is InChI=1S/C11H22N2O/c1-2-13(11-5-7-14-9-11)8-10-4-3-6-12-10/h10-12H,2-9H2,1H3. The van der Waals surface area contributed by atoms with Crippen LogP contribution in [0, 0.1) is 0 Å². The minimum absolute atomic E-state index is 0.683. The first-order valence-electron chi connectivity index (χ1n) is 5.95. The molecule has 82 valence electrons. The van der Waals surface area contributed by atoms with Gasteiger partial charge in [0.25, 0.3) is 0 Å². The summed E-state index contributed by atoms with van der Waals surface area (Å²) in [5.41, 5.74) is 0. The van der Waals surface area contributed by atoms with Crippen molar-refractivity contribution in [3.63, 3.8) is 0 Å². The van der Waals surface area contributed by atoms with Gasteiger partial charge in [-0.3, -0.25) is 4.90 Å². The van der Waals surface area contributed by atoms with Crippen molar-refractivity contribution in [3.05, 3.63) is 0 Å². The first-order valence-corrected chi connectivity index (χ1v) is 5.95. The Bertz CT molecular complexity index is 163. The highest BCUT2D eigenvalue weighted by Crippen LogP contribution is 2.15. The Balaban J connectivity index is 1.79. The van der Waals surface area contributed by atoms with E-state index in [-0.39, 0.29) is 0 Å². The lowest BCUT2D eigenvalue weighted by Crippen LogP contribution is -2.43. The highest BCUT2D eigenvalue weighted by molar-refractivity contribution is 4.82. The summed E-state index contributed by atoms with van der Waals surface area (Å²) in [6.07, 6.45) is 3.92. The third-order valence-electron chi connectivity index (χ3n) is 3.45. The van der Waals surface area contributed by atoms with Crippen LogP contribution >= 0.6 is 0 Å². The highest BCUT2D eigenvalue weighted by Gasteiger charge is 2.25. The zero-order valence-corrected chi connectivity index (χ0v) is 9.17. The summed E-state index contributed by atoms with van der Waals surface area (Å²) in [5.74, 6) is 0. The van der Waals surface area contributed by atoms with Gasteiger partial charge in [-0.1, -0.05) is 6.92 Å². The summed E-state index contributed by atoms with van der Waals surface area (Å²) in [6, 6.07) is 1.41. The summed E-state index contributed by atoms with van der Waals surface area (Å²) >= 11 is 0. The Hall–Kier alpha value is -0.120. The molecule has 0 spiro atoms. The first-order chi connectivity index (χ1) is 6.90. The van der Waals surface area contributed by atoms with E-state index in [1.54, 1.807) is 0 Å². The Labute approximate surface area is 86.8 Å². The number of ether oxygens (including phenoxy) is 1. The first kappa shape index (κ1) is 10.4. The van der Waals surface area contributed by atoms with E-state index in [1.165, 1.54) is 32.4 Å². The lowest BCUT2D eigenvalue weighted by atomic mass is 10.1. The van der Waals surface area contributed by atoms with Gasteiger partial charge in [0.2, 0.25) is 0 Å². The Morgan fingerprint density at radius 3 is 2.93 bits per heavy atom. The largest absolute Gasteiger partial charge is 0.380 e. The van der Waals surface area contributed by atoms with Crippen molar-refractivity contribution in [2.24, 2.45) is 0 Å². The van der Waals surface area contributed by atoms with Crippen LogP contribution in [-0.2, 0) is 4.74 Å². The third kappa shape index (κ3) is 2.47. The second kappa shape index (κ2) is 5.10. The molecule has 0 aromatic rings. The Morgan fingerprint density at radius 1 is 1.43 bits per heavy atom. The minimum Gasteiger partial charge on any atom is -0.380 e. The molecule has 0 radical (unpaired) electrons. The van der Waals surface area contributed by atoms with Crippen molar-refractivity contribution in [2.75, 3.05) is 32.8 Å². The van der Waals surface area contributed by atoms with Gasteiger partial charge in [0, 0.05) is 25.2 Å². The molecule has 0 amide bonds. The van der Waals surface area contributed by atoms with E-state index in [0.29, 0.717) is 6.04 Å². The molecule has 3 heteroatoms. The number of likely N-dealkylation sites (N-methyl/N-ethyl adjacent to an activating group) is 1. The molecule has 0 bridgehead atoms. The molecule has 0 aromatic carbocycles. The zero-order chi connectivity index (χ0) is 9.80. The van der Waals surface area contributed by atoms with Gasteiger partial charge in [0.1, 0.15) is 0 Å². The lowest BCUT2D eigenvalue weighted by molar-refractivity contribution is 0.141. The number of nitrogens with one attached hydrogen (secondary N) is 1. The maximum atomic E-state index is 5.44. The van der Waals surface area contributed by atoms with Crippen LogP contribution in [0.2, 0.25) is 0 Å². The predicted molar refractivity (Wildman–Crippen MR) is 57.5 cm³/mol. The van der Waals surface area contributed by atoms with E-state index >= 15 is 0 Å². The van der Waals surface area contributed by atoms with E-state index in [9.17, 15) is 0 Å². The molecule has 2 aliphatic heterocycles. The molecule has 2 atom stereocenters. The van der Waals surface area contributed by atoms with Crippen LogP contribution in [0.4, 0.5) is 0 Å². The fourth-order valence-electron chi connectivity index (χ4n) is 2.54. The van der Waals surface area contributed by atoms with E-state index in [4.69, 9.17) is 4.74 Å². The van der Waals surface area contributed by atoms with Crippen molar-refractivity contribution in [1.82, 2.24) is 10.2 Å². The fourth-order valence-corrected chi connectivity index (χ4v) is 2.54. The van der Waals surface area contributed by atoms with E-state index in [1.807, 2.05) is 0 Å². The molecular weight excluding hydrogens is 176 g/mol. The molecule has 14 heavy (non-hydrogen) atoms. The average Bonchev–Trinajstić information content (AvgIpc) is 2.86. The fraction of sp³-hybridized carbons (Fsp3) is 1.00. The molecular formula is C11H22N2O. The van der Waals surface area contributed by atoms with Crippen molar-refractivity contribution < 1.29 is 4.74 Å². The summed E-state index contributed by atoms with van der Waals surface area (Å²) in [5, 5.41) is 3.56. The van der Waals surface area contributed by atoms with Crippen molar-refractivity contribution in [1.29, 1.82) is 0 Å². The van der Waals surface area contributed by atoms with Gasteiger partial charge in [0.15, 0.2) is 0 Å². The second-order valence-corrected chi connectivity index (χ2v) is 4.40. The average molecular weight is 198 g/mol. The Morgan fingerprint density at radius 2 is 2.36 bits per heavy atom. The minimum atomic E-state index is 0.683. The molecule has 0 aliphatic carbocycles. The van der Waals surface area contributed by atoms with Crippen LogP contribution in [0.1, 0.15) is 26.2 Å². The normalized spacial score (nSPS) is 33.0. The second-order valence-electron chi connectivity index (χ2n) is 4.40. The molecule has 3 nitrogen and oxygen atoms in total. The van der Waals surface area contributed by atoms with E-state index in [0.717, 1.165) is 25.8 Å². The van der Waals surface area contributed by atoms with Gasteiger partial charge < -0.3 is 10.1 Å². The number of hydrogen-bond donors (Lipinski definition) is 1. The van der Waals surface area contributed by atoms with Gasteiger partial charge in [-0.05, 0) is 32.4 Å². The van der Waals surface area contributed by atoms with Gasteiger partial charge in [-0.2, -0.15) is 0 Å². The van der Waals surface area contributed by atoms with Crippen LogP contribution in [0.5, 0.6) is 0 Å². The molecule has 2 aliphatic rings. The predicted octanol–water partition coefficient (Wildman–Crippen LogP) is 0.849. The number of rotatable bonds is 4.